The number of hydrogen-bond acceptors (Lipinski definition) is 1. The predicted octanol–water partition coefficient (Wildman–Crippen LogP) is 4.27. The van der Waals surface area contributed by atoms with E-state index in [2.05, 4.69) is 22.6 Å². The summed E-state index contributed by atoms with van der Waals surface area (Å²) in [6.07, 6.45) is 0. The second kappa shape index (κ2) is 6.19. The number of rotatable bonds is 3. The van der Waals surface area contributed by atoms with Crippen molar-refractivity contribution >= 4 is 34.2 Å². The molecule has 0 aromatic heterocycles. The summed E-state index contributed by atoms with van der Waals surface area (Å²) in [7, 11) is 0. The molecular weight excluding hydrogens is 349 g/mol. The number of benzene rings is 2. The maximum absolute atomic E-state index is 12.5. The van der Waals surface area contributed by atoms with Crippen LogP contribution >= 0.6 is 22.6 Å². The van der Waals surface area contributed by atoms with Crippen molar-refractivity contribution < 1.29 is 4.79 Å². The molecule has 0 spiro atoms. The van der Waals surface area contributed by atoms with Gasteiger partial charge >= 0.3 is 0 Å². The van der Waals surface area contributed by atoms with E-state index in [0.717, 1.165) is 14.8 Å². The van der Waals surface area contributed by atoms with E-state index in [4.69, 9.17) is 0 Å². The van der Waals surface area contributed by atoms with E-state index >= 15 is 0 Å². The molecular formula is C16H16INO. The molecule has 0 atom stereocenters. The zero-order chi connectivity index (χ0) is 13.8. The summed E-state index contributed by atoms with van der Waals surface area (Å²) in [5.74, 6) is 0.0462. The van der Waals surface area contributed by atoms with Gasteiger partial charge in [0.2, 0.25) is 0 Å². The number of amides is 1. The molecule has 0 heterocycles. The third-order valence-corrected chi connectivity index (χ3v) is 3.65. The van der Waals surface area contributed by atoms with Gasteiger partial charge < -0.3 is 4.90 Å². The van der Waals surface area contributed by atoms with Crippen LogP contribution in [0.15, 0.2) is 48.5 Å². The van der Waals surface area contributed by atoms with Gasteiger partial charge in [-0.15, -0.1) is 0 Å². The van der Waals surface area contributed by atoms with E-state index in [9.17, 15) is 4.79 Å². The van der Waals surface area contributed by atoms with Crippen molar-refractivity contribution in [2.45, 2.75) is 13.8 Å². The number of anilines is 1. The molecule has 1 amide bonds. The molecule has 2 aromatic rings. The Morgan fingerprint density at radius 3 is 2.42 bits per heavy atom. The molecule has 0 unspecified atom stereocenters. The van der Waals surface area contributed by atoms with Crippen LogP contribution < -0.4 is 4.90 Å². The van der Waals surface area contributed by atoms with Crippen molar-refractivity contribution in [2.24, 2.45) is 0 Å². The fourth-order valence-corrected chi connectivity index (χ4v) is 2.49. The SMILES string of the molecule is CCN(C(=O)c1cccc(I)c1)c1ccc(C)cc1. The Hall–Kier alpha value is -1.36. The highest BCUT2D eigenvalue weighted by Gasteiger charge is 2.15. The van der Waals surface area contributed by atoms with Gasteiger partial charge in [-0.25, -0.2) is 0 Å². The van der Waals surface area contributed by atoms with Crippen molar-refractivity contribution in [3.63, 3.8) is 0 Å². The van der Waals surface area contributed by atoms with E-state index in [1.165, 1.54) is 5.56 Å². The van der Waals surface area contributed by atoms with Gasteiger partial charge in [0.25, 0.3) is 5.91 Å². The Labute approximate surface area is 127 Å². The highest BCUT2D eigenvalue weighted by Crippen LogP contribution is 2.18. The van der Waals surface area contributed by atoms with Crippen molar-refractivity contribution in [3.8, 4) is 0 Å². The van der Waals surface area contributed by atoms with E-state index < -0.39 is 0 Å². The van der Waals surface area contributed by atoms with E-state index in [1.54, 1.807) is 4.90 Å². The summed E-state index contributed by atoms with van der Waals surface area (Å²) < 4.78 is 1.07. The van der Waals surface area contributed by atoms with Crippen LogP contribution in [-0.2, 0) is 0 Å². The molecule has 0 N–H and O–H groups in total. The molecule has 0 radical (unpaired) electrons. The summed E-state index contributed by atoms with van der Waals surface area (Å²) in [5.41, 5.74) is 2.87. The molecule has 2 nitrogen and oxygen atoms in total. The molecule has 3 heteroatoms. The van der Waals surface area contributed by atoms with Gasteiger partial charge in [0.1, 0.15) is 0 Å². The summed E-state index contributed by atoms with van der Waals surface area (Å²) in [6.45, 7) is 4.69. The van der Waals surface area contributed by atoms with Crippen LogP contribution in [0.1, 0.15) is 22.8 Å². The van der Waals surface area contributed by atoms with Crippen molar-refractivity contribution in [1.82, 2.24) is 0 Å². The second-order valence-electron chi connectivity index (χ2n) is 4.40. The second-order valence-corrected chi connectivity index (χ2v) is 5.64. The van der Waals surface area contributed by atoms with Gasteiger partial charge in [-0.1, -0.05) is 23.8 Å². The summed E-state index contributed by atoms with van der Waals surface area (Å²) in [5, 5.41) is 0. The normalized spacial score (nSPS) is 10.3. The Bertz CT molecular complexity index is 578. The lowest BCUT2D eigenvalue weighted by Crippen LogP contribution is -2.30. The maximum atomic E-state index is 12.5. The third kappa shape index (κ3) is 3.35. The molecule has 19 heavy (non-hydrogen) atoms. The predicted molar refractivity (Wildman–Crippen MR) is 87.7 cm³/mol. The van der Waals surface area contributed by atoms with E-state index in [0.29, 0.717) is 6.54 Å². The highest BCUT2D eigenvalue weighted by molar-refractivity contribution is 14.1. The summed E-state index contributed by atoms with van der Waals surface area (Å²) >= 11 is 2.22. The smallest absolute Gasteiger partial charge is 0.258 e. The van der Waals surface area contributed by atoms with Gasteiger partial charge in [0.05, 0.1) is 0 Å². The monoisotopic (exact) mass is 365 g/mol. The lowest BCUT2D eigenvalue weighted by Gasteiger charge is -2.21. The molecule has 0 bridgehead atoms. The molecule has 0 saturated carbocycles. The van der Waals surface area contributed by atoms with Crippen LogP contribution in [0.25, 0.3) is 0 Å². The molecule has 0 aliphatic heterocycles. The van der Waals surface area contributed by atoms with Crippen molar-refractivity contribution in [3.05, 3.63) is 63.2 Å². The minimum absolute atomic E-state index is 0.0462. The minimum Gasteiger partial charge on any atom is -0.309 e. The van der Waals surface area contributed by atoms with Gasteiger partial charge in [-0.2, -0.15) is 0 Å². The number of carbonyl (C=O) groups excluding carboxylic acids is 1. The topological polar surface area (TPSA) is 20.3 Å². The quantitative estimate of drug-likeness (QED) is 0.744. The van der Waals surface area contributed by atoms with Crippen molar-refractivity contribution in [2.75, 3.05) is 11.4 Å². The zero-order valence-corrected chi connectivity index (χ0v) is 13.2. The lowest BCUT2D eigenvalue weighted by atomic mass is 10.1. The van der Waals surface area contributed by atoms with Gasteiger partial charge in [0, 0.05) is 21.4 Å². The first-order valence-corrected chi connectivity index (χ1v) is 7.34. The summed E-state index contributed by atoms with van der Waals surface area (Å²) in [4.78, 5) is 14.3. The molecule has 0 aliphatic carbocycles. The highest BCUT2D eigenvalue weighted by atomic mass is 127. The van der Waals surface area contributed by atoms with Crippen LogP contribution in [-0.4, -0.2) is 12.5 Å². The zero-order valence-electron chi connectivity index (χ0n) is 11.1. The number of nitrogens with zero attached hydrogens (tertiary/aromatic N) is 1. The van der Waals surface area contributed by atoms with Gasteiger partial charge in [0.15, 0.2) is 0 Å². The van der Waals surface area contributed by atoms with Crippen molar-refractivity contribution in [1.29, 1.82) is 0 Å². The Morgan fingerprint density at radius 1 is 1.16 bits per heavy atom. The van der Waals surface area contributed by atoms with E-state index in [-0.39, 0.29) is 5.91 Å². The molecule has 98 valence electrons. The van der Waals surface area contributed by atoms with Gasteiger partial charge in [-0.3, -0.25) is 4.79 Å². The number of hydrogen-bond donors (Lipinski definition) is 0. The van der Waals surface area contributed by atoms with Crippen LogP contribution in [0.3, 0.4) is 0 Å². The molecule has 2 aromatic carbocycles. The Kier molecular flexibility index (Phi) is 4.58. The molecule has 2 rings (SSSR count). The third-order valence-electron chi connectivity index (χ3n) is 2.98. The average Bonchev–Trinajstić information content (AvgIpc) is 2.41. The fourth-order valence-electron chi connectivity index (χ4n) is 1.95. The first kappa shape index (κ1) is 14.1. The fraction of sp³-hybridized carbons (Fsp3) is 0.188. The maximum Gasteiger partial charge on any atom is 0.258 e. The number of halogens is 1. The number of carbonyl (C=O) groups is 1. The minimum atomic E-state index is 0.0462. The average molecular weight is 365 g/mol. The van der Waals surface area contributed by atoms with Gasteiger partial charge in [-0.05, 0) is 66.8 Å². The van der Waals surface area contributed by atoms with Crippen LogP contribution in [0.4, 0.5) is 5.69 Å². The van der Waals surface area contributed by atoms with Crippen LogP contribution in [0.2, 0.25) is 0 Å². The molecule has 0 aliphatic rings. The van der Waals surface area contributed by atoms with Crippen LogP contribution in [0, 0.1) is 10.5 Å². The largest absolute Gasteiger partial charge is 0.309 e. The Morgan fingerprint density at radius 2 is 1.84 bits per heavy atom. The summed E-state index contributed by atoms with van der Waals surface area (Å²) in [6, 6.07) is 15.7. The molecule has 0 saturated heterocycles. The first-order valence-electron chi connectivity index (χ1n) is 6.26. The number of aryl methyl sites for hydroxylation is 1. The Balaban J connectivity index is 2.31. The lowest BCUT2D eigenvalue weighted by molar-refractivity contribution is 0.0988. The molecule has 0 fully saturated rings. The van der Waals surface area contributed by atoms with E-state index in [1.807, 2.05) is 62.4 Å². The standard InChI is InChI=1S/C16H16INO/c1-3-18(15-9-7-12(2)8-10-15)16(19)13-5-4-6-14(17)11-13/h4-11H,3H2,1-2H3. The van der Waals surface area contributed by atoms with Crippen LogP contribution in [0.5, 0.6) is 0 Å². The first-order chi connectivity index (χ1) is 9.11.